The fraction of sp³-hybridized carbons (Fsp3) is 0.412. The number of aromatic nitrogens is 5. The standard InChI is InChI=1S/C17H17N5O/c1-10-18-7-6-13(20-10)14-9-19-16-8-15(23-12-4-5-12)17(11-2-3-11)21-22(14)16/h6-9,11-12H,2-5H2,1H3. The van der Waals surface area contributed by atoms with Crippen molar-refractivity contribution < 1.29 is 4.74 Å². The van der Waals surface area contributed by atoms with Gasteiger partial charge in [-0.05, 0) is 38.7 Å². The smallest absolute Gasteiger partial charge is 0.157 e. The van der Waals surface area contributed by atoms with E-state index in [1.165, 1.54) is 12.8 Å². The van der Waals surface area contributed by atoms with Gasteiger partial charge in [0.1, 0.15) is 23.0 Å². The van der Waals surface area contributed by atoms with Gasteiger partial charge in [0.05, 0.1) is 18.0 Å². The Morgan fingerprint density at radius 1 is 1.17 bits per heavy atom. The van der Waals surface area contributed by atoms with Gasteiger partial charge in [0, 0.05) is 18.2 Å². The van der Waals surface area contributed by atoms with E-state index >= 15 is 0 Å². The van der Waals surface area contributed by atoms with Gasteiger partial charge in [0.15, 0.2) is 5.65 Å². The quantitative estimate of drug-likeness (QED) is 0.741. The van der Waals surface area contributed by atoms with Crippen LogP contribution in [0.15, 0.2) is 24.5 Å². The van der Waals surface area contributed by atoms with Gasteiger partial charge in [-0.15, -0.1) is 0 Å². The highest BCUT2D eigenvalue weighted by Gasteiger charge is 2.32. The lowest BCUT2D eigenvalue weighted by atomic mass is 10.2. The minimum absolute atomic E-state index is 0.371. The lowest BCUT2D eigenvalue weighted by Crippen LogP contribution is -2.06. The largest absolute Gasteiger partial charge is 0.488 e. The SMILES string of the molecule is Cc1nccc(-c2cnc3cc(OC4CC4)c(C4CC4)nn23)n1. The van der Waals surface area contributed by atoms with E-state index in [1.807, 2.05) is 29.8 Å². The van der Waals surface area contributed by atoms with Gasteiger partial charge in [-0.25, -0.2) is 19.5 Å². The second-order valence-corrected chi connectivity index (χ2v) is 6.39. The zero-order valence-electron chi connectivity index (χ0n) is 12.9. The molecule has 2 fully saturated rings. The second kappa shape index (κ2) is 4.75. The van der Waals surface area contributed by atoms with Crippen LogP contribution >= 0.6 is 0 Å². The summed E-state index contributed by atoms with van der Waals surface area (Å²) >= 11 is 0. The van der Waals surface area contributed by atoms with Crippen molar-refractivity contribution in [3.05, 3.63) is 36.0 Å². The Morgan fingerprint density at radius 2 is 2.04 bits per heavy atom. The number of fused-ring (bicyclic) bond motifs is 1. The highest BCUT2D eigenvalue weighted by molar-refractivity contribution is 5.60. The first-order valence-electron chi connectivity index (χ1n) is 8.13. The Morgan fingerprint density at radius 3 is 2.78 bits per heavy atom. The monoisotopic (exact) mass is 307 g/mol. The van der Waals surface area contributed by atoms with Gasteiger partial charge < -0.3 is 4.74 Å². The Balaban J connectivity index is 1.66. The molecule has 0 bridgehead atoms. The first-order valence-corrected chi connectivity index (χ1v) is 8.13. The van der Waals surface area contributed by atoms with Gasteiger partial charge >= 0.3 is 0 Å². The highest BCUT2D eigenvalue weighted by atomic mass is 16.5. The fourth-order valence-corrected chi connectivity index (χ4v) is 2.78. The van der Waals surface area contributed by atoms with E-state index in [1.54, 1.807) is 6.20 Å². The van der Waals surface area contributed by atoms with Crippen LogP contribution in [-0.2, 0) is 0 Å². The molecule has 2 aliphatic rings. The van der Waals surface area contributed by atoms with Gasteiger partial charge in [0.2, 0.25) is 0 Å². The normalized spacial score (nSPS) is 17.6. The maximum Gasteiger partial charge on any atom is 0.157 e. The lowest BCUT2D eigenvalue weighted by Gasteiger charge is -2.11. The highest BCUT2D eigenvalue weighted by Crippen LogP contribution is 2.44. The zero-order valence-corrected chi connectivity index (χ0v) is 12.9. The first kappa shape index (κ1) is 13.0. The Bertz CT molecular complexity index is 895. The summed E-state index contributed by atoms with van der Waals surface area (Å²) in [6, 6.07) is 3.92. The van der Waals surface area contributed by atoms with Gasteiger partial charge in [-0.1, -0.05) is 0 Å². The van der Waals surface area contributed by atoms with E-state index in [-0.39, 0.29) is 0 Å². The molecule has 2 saturated carbocycles. The van der Waals surface area contributed by atoms with E-state index in [2.05, 4.69) is 15.0 Å². The molecule has 0 atom stereocenters. The molecule has 116 valence electrons. The summed E-state index contributed by atoms with van der Waals surface area (Å²) in [4.78, 5) is 13.1. The molecule has 23 heavy (non-hydrogen) atoms. The molecular weight excluding hydrogens is 290 g/mol. The predicted octanol–water partition coefficient (Wildman–Crippen LogP) is 2.91. The van der Waals surface area contributed by atoms with Crippen molar-refractivity contribution in [2.75, 3.05) is 0 Å². The number of rotatable bonds is 4. The summed E-state index contributed by atoms with van der Waals surface area (Å²) in [6.45, 7) is 1.89. The third-order valence-corrected chi connectivity index (χ3v) is 4.31. The van der Waals surface area contributed by atoms with Crippen molar-refractivity contribution in [1.82, 2.24) is 24.6 Å². The van der Waals surface area contributed by atoms with Crippen LogP contribution in [0.25, 0.3) is 17.0 Å². The van der Waals surface area contributed by atoms with Crippen LogP contribution in [0, 0.1) is 6.92 Å². The van der Waals surface area contributed by atoms with Crippen LogP contribution in [0.5, 0.6) is 5.75 Å². The molecule has 2 aliphatic carbocycles. The Hall–Kier alpha value is -2.50. The zero-order chi connectivity index (χ0) is 15.4. The van der Waals surface area contributed by atoms with E-state index in [0.29, 0.717) is 12.0 Å². The van der Waals surface area contributed by atoms with Crippen molar-refractivity contribution in [3.8, 4) is 17.1 Å². The minimum Gasteiger partial charge on any atom is -0.488 e. The number of hydrogen-bond acceptors (Lipinski definition) is 5. The molecule has 0 aromatic carbocycles. The maximum atomic E-state index is 6.06. The van der Waals surface area contributed by atoms with Crippen molar-refractivity contribution >= 4 is 5.65 Å². The summed E-state index contributed by atoms with van der Waals surface area (Å²) in [5.74, 6) is 2.18. The molecular formula is C17H17N5O. The molecule has 0 spiro atoms. The molecule has 6 heteroatoms. The van der Waals surface area contributed by atoms with Gasteiger partial charge in [0.25, 0.3) is 0 Å². The second-order valence-electron chi connectivity index (χ2n) is 6.39. The third kappa shape index (κ3) is 2.34. The number of ether oxygens (including phenoxy) is 1. The molecule has 0 unspecified atom stereocenters. The summed E-state index contributed by atoms with van der Waals surface area (Å²) in [5.41, 5.74) is 3.60. The van der Waals surface area contributed by atoms with E-state index in [4.69, 9.17) is 9.84 Å². The predicted molar refractivity (Wildman–Crippen MR) is 84.4 cm³/mol. The van der Waals surface area contributed by atoms with Crippen molar-refractivity contribution in [1.29, 1.82) is 0 Å². The summed E-state index contributed by atoms with van der Waals surface area (Å²) < 4.78 is 7.94. The number of aryl methyl sites for hydroxylation is 1. The number of nitrogens with zero attached hydrogens (tertiary/aromatic N) is 5. The molecule has 0 saturated heterocycles. The topological polar surface area (TPSA) is 65.2 Å². The first-order chi connectivity index (χ1) is 11.3. The summed E-state index contributed by atoms with van der Waals surface area (Å²) in [5, 5.41) is 4.85. The molecule has 0 amide bonds. The summed E-state index contributed by atoms with van der Waals surface area (Å²) in [7, 11) is 0. The molecule has 6 nitrogen and oxygen atoms in total. The van der Waals surface area contributed by atoms with Gasteiger partial charge in [-0.2, -0.15) is 5.10 Å². The molecule has 0 aliphatic heterocycles. The Labute approximate surface area is 133 Å². The Kier molecular flexibility index (Phi) is 2.68. The van der Waals surface area contributed by atoms with Crippen LogP contribution < -0.4 is 4.74 Å². The maximum absolute atomic E-state index is 6.06. The van der Waals surface area contributed by atoms with Crippen LogP contribution in [0.1, 0.15) is 43.1 Å². The van der Waals surface area contributed by atoms with Crippen LogP contribution in [-0.4, -0.2) is 30.7 Å². The molecule has 5 rings (SSSR count). The van der Waals surface area contributed by atoms with E-state index in [9.17, 15) is 0 Å². The van der Waals surface area contributed by atoms with E-state index in [0.717, 1.165) is 47.1 Å². The van der Waals surface area contributed by atoms with E-state index < -0.39 is 0 Å². The minimum atomic E-state index is 0.371. The van der Waals surface area contributed by atoms with Crippen molar-refractivity contribution in [2.45, 2.75) is 44.6 Å². The van der Waals surface area contributed by atoms with Crippen LogP contribution in [0.2, 0.25) is 0 Å². The molecule has 3 aromatic heterocycles. The number of imidazole rings is 1. The fourth-order valence-electron chi connectivity index (χ4n) is 2.78. The number of hydrogen-bond donors (Lipinski definition) is 0. The molecule has 0 radical (unpaired) electrons. The van der Waals surface area contributed by atoms with Crippen LogP contribution in [0.4, 0.5) is 0 Å². The van der Waals surface area contributed by atoms with Gasteiger partial charge in [-0.3, -0.25) is 0 Å². The average molecular weight is 307 g/mol. The van der Waals surface area contributed by atoms with Crippen LogP contribution in [0.3, 0.4) is 0 Å². The van der Waals surface area contributed by atoms with Crippen molar-refractivity contribution in [2.24, 2.45) is 0 Å². The summed E-state index contributed by atoms with van der Waals surface area (Å²) in [6.07, 6.45) is 8.64. The average Bonchev–Trinajstić information content (AvgIpc) is 3.46. The lowest BCUT2D eigenvalue weighted by molar-refractivity contribution is 0.297. The van der Waals surface area contributed by atoms with Crippen molar-refractivity contribution in [3.63, 3.8) is 0 Å². The molecule has 3 heterocycles. The molecule has 0 N–H and O–H groups in total. The third-order valence-electron chi connectivity index (χ3n) is 4.31. The molecule has 3 aromatic rings.